The monoisotopic (exact) mass is 279 g/mol. The standard InChI is InChI=1S/C12H14FN5O2/c1-20-11(19)6-2-3-7(4-6)18-5-15-8-9(14)16-12(13)17-10(8)18/h5-7H,2-4H2,1H3,(H2,14,16,17)/t6-,7-/m1/s1. The second-order valence-electron chi connectivity index (χ2n) is 4.89. The number of halogens is 1. The van der Waals surface area contributed by atoms with Gasteiger partial charge in [-0.25, -0.2) is 4.98 Å². The molecule has 20 heavy (non-hydrogen) atoms. The van der Waals surface area contributed by atoms with Gasteiger partial charge in [0.1, 0.15) is 5.52 Å². The number of hydrogen-bond donors (Lipinski definition) is 1. The Balaban J connectivity index is 1.94. The highest BCUT2D eigenvalue weighted by atomic mass is 19.1. The minimum Gasteiger partial charge on any atom is -0.469 e. The SMILES string of the molecule is COC(=O)[C@@H]1CC[C@@H](n2cnc3c(N)nc(F)nc32)C1. The first-order chi connectivity index (χ1) is 9.60. The molecule has 1 aliphatic rings. The van der Waals surface area contributed by atoms with E-state index in [9.17, 15) is 9.18 Å². The lowest BCUT2D eigenvalue weighted by atomic mass is 10.1. The number of ether oxygens (including phenoxy) is 1. The molecule has 0 unspecified atom stereocenters. The molecule has 2 atom stereocenters. The Kier molecular flexibility index (Phi) is 3.00. The zero-order chi connectivity index (χ0) is 14.3. The molecule has 1 saturated carbocycles. The molecule has 2 heterocycles. The highest BCUT2D eigenvalue weighted by Crippen LogP contribution is 2.36. The van der Waals surface area contributed by atoms with Gasteiger partial charge >= 0.3 is 12.0 Å². The van der Waals surface area contributed by atoms with Crippen molar-refractivity contribution in [3.63, 3.8) is 0 Å². The van der Waals surface area contributed by atoms with E-state index < -0.39 is 6.08 Å². The average Bonchev–Trinajstić information content (AvgIpc) is 3.03. The molecule has 2 N–H and O–H groups in total. The first-order valence-electron chi connectivity index (χ1n) is 6.33. The number of carbonyl (C=O) groups excluding carboxylic acids is 1. The van der Waals surface area contributed by atoms with Crippen LogP contribution in [0.4, 0.5) is 10.2 Å². The molecule has 106 valence electrons. The van der Waals surface area contributed by atoms with Crippen LogP contribution in [0.3, 0.4) is 0 Å². The second kappa shape index (κ2) is 4.69. The summed E-state index contributed by atoms with van der Waals surface area (Å²) in [7, 11) is 1.38. The predicted octanol–water partition coefficient (Wildman–Crippen LogP) is 1.06. The van der Waals surface area contributed by atoms with Crippen LogP contribution in [-0.2, 0) is 9.53 Å². The van der Waals surface area contributed by atoms with Crippen LogP contribution in [0.5, 0.6) is 0 Å². The fourth-order valence-corrected chi connectivity index (χ4v) is 2.77. The lowest BCUT2D eigenvalue weighted by Crippen LogP contribution is -2.14. The third kappa shape index (κ3) is 1.97. The predicted molar refractivity (Wildman–Crippen MR) is 68.1 cm³/mol. The Labute approximate surface area is 114 Å². The van der Waals surface area contributed by atoms with Gasteiger partial charge in [-0.05, 0) is 19.3 Å². The van der Waals surface area contributed by atoms with E-state index in [-0.39, 0.29) is 23.7 Å². The number of imidazole rings is 1. The largest absolute Gasteiger partial charge is 0.469 e. The number of methoxy groups -OCH3 is 1. The van der Waals surface area contributed by atoms with Crippen molar-refractivity contribution in [1.82, 2.24) is 19.5 Å². The minimum absolute atomic E-state index is 0.0220. The van der Waals surface area contributed by atoms with Crippen molar-refractivity contribution in [3.05, 3.63) is 12.4 Å². The van der Waals surface area contributed by atoms with Crippen molar-refractivity contribution in [3.8, 4) is 0 Å². The summed E-state index contributed by atoms with van der Waals surface area (Å²) in [5.41, 5.74) is 6.37. The van der Waals surface area contributed by atoms with E-state index in [1.807, 2.05) is 0 Å². The van der Waals surface area contributed by atoms with Crippen molar-refractivity contribution >= 4 is 23.0 Å². The smallest absolute Gasteiger partial charge is 0.312 e. The van der Waals surface area contributed by atoms with E-state index in [1.165, 1.54) is 7.11 Å². The number of aromatic nitrogens is 4. The van der Waals surface area contributed by atoms with Crippen LogP contribution >= 0.6 is 0 Å². The quantitative estimate of drug-likeness (QED) is 0.652. The number of fused-ring (bicyclic) bond motifs is 1. The van der Waals surface area contributed by atoms with Crippen LogP contribution < -0.4 is 5.73 Å². The third-order valence-corrected chi connectivity index (χ3v) is 3.75. The molecule has 0 spiro atoms. The number of carbonyl (C=O) groups is 1. The van der Waals surface area contributed by atoms with Gasteiger partial charge in [-0.3, -0.25) is 4.79 Å². The molecule has 0 aromatic carbocycles. The van der Waals surface area contributed by atoms with Crippen molar-refractivity contribution in [1.29, 1.82) is 0 Å². The first-order valence-corrected chi connectivity index (χ1v) is 6.33. The molecule has 1 fully saturated rings. The van der Waals surface area contributed by atoms with Crippen LogP contribution in [0.2, 0.25) is 0 Å². The van der Waals surface area contributed by atoms with E-state index >= 15 is 0 Å². The van der Waals surface area contributed by atoms with Crippen molar-refractivity contribution in [2.24, 2.45) is 5.92 Å². The molecule has 0 radical (unpaired) electrons. The lowest BCUT2D eigenvalue weighted by molar-refractivity contribution is -0.145. The van der Waals surface area contributed by atoms with Gasteiger partial charge in [0.05, 0.1) is 19.4 Å². The Hall–Kier alpha value is -2.25. The Morgan fingerprint density at radius 3 is 3.05 bits per heavy atom. The molecule has 0 saturated heterocycles. The zero-order valence-corrected chi connectivity index (χ0v) is 10.9. The Morgan fingerprint density at radius 1 is 1.50 bits per heavy atom. The maximum absolute atomic E-state index is 13.3. The number of esters is 1. The van der Waals surface area contributed by atoms with Gasteiger partial charge in [0.15, 0.2) is 11.5 Å². The Bertz CT molecular complexity index is 671. The molecule has 7 nitrogen and oxygen atoms in total. The lowest BCUT2D eigenvalue weighted by Gasteiger charge is -2.12. The number of nitrogens with zero attached hydrogens (tertiary/aromatic N) is 4. The molecule has 3 rings (SSSR count). The minimum atomic E-state index is -0.876. The molecule has 0 bridgehead atoms. The Morgan fingerprint density at radius 2 is 2.30 bits per heavy atom. The fraction of sp³-hybridized carbons (Fsp3) is 0.500. The van der Waals surface area contributed by atoms with Crippen LogP contribution in [0.25, 0.3) is 11.2 Å². The van der Waals surface area contributed by atoms with E-state index in [0.29, 0.717) is 17.6 Å². The molecule has 1 aliphatic carbocycles. The van der Waals surface area contributed by atoms with Crippen LogP contribution in [0.15, 0.2) is 6.33 Å². The number of rotatable bonds is 2. The van der Waals surface area contributed by atoms with Crippen LogP contribution in [-0.4, -0.2) is 32.6 Å². The van der Waals surface area contributed by atoms with Gasteiger partial charge in [0.2, 0.25) is 0 Å². The van der Waals surface area contributed by atoms with Crippen molar-refractivity contribution in [2.45, 2.75) is 25.3 Å². The summed E-state index contributed by atoms with van der Waals surface area (Å²) < 4.78 is 19.8. The average molecular weight is 279 g/mol. The van der Waals surface area contributed by atoms with Gasteiger partial charge in [0.25, 0.3) is 0 Å². The maximum atomic E-state index is 13.3. The van der Waals surface area contributed by atoms with E-state index in [0.717, 1.165) is 12.8 Å². The van der Waals surface area contributed by atoms with Crippen LogP contribution in [0.1, 0.15) is 25.3 Å². The summed E-state index contributed by atoms with van der Waals surface area (Å²) in [5.74, 6) is -0.322. The number of anilines is 1. The summed E-state index contributed by atoms with van der Waals surface area (Å²) in [6, 6.07) is 0.0396. The molecule has 8 heteroatoms. The van der Waals surface area contributed by atoms with Gasteiger partial charge in [-0.2, -0.15) is 14.4 Å². The van der Waals surface area contributed by atoms with Gasteiger partial charge in [-0.1, -0.05) is 0 Å². The third-order valence-electron chi connectivity index (χ3n) is 3.75. The maximum Gasteiger partial charge on any atom is 0.312 e. The van der Waals surface area contributed by atoms with E-state index in [1.54, 1.807) is 10.9 Å². The molecule has 0 amide bonds. The highest BCUT2D eigenvalue weighted by Gasteiger charge is 2.32. The molecule has 0 aliphatic heterocycles. The first kappa shape index (κ1) is 12.8. The summed E-state index contributed by atoms with van der Waals surface area (Å²) in [4.78, 5) is 22.9. The molecule has 2 aromatic rings. The van der Waals surface area contributed by atoms with Crippen LogP contribution in [0, 0.1) is 12.0 Å². The zero-order valence-electron chi connectivity index (χ0n) is 10.9. The fourth-order valence-electron chi connectivity index (χ4n) is 2.77. The molecular formula is C12H14FN5O2. The summed E-state index contributed by atoms with van der Waals surface area (Å²) in [5, 5.41) is 0. The topological polar surface area (TPSA) is 95.9 Å². The van der Waals surface area contributed by atoms with Gasteiger partial charge < -0.3 is 15.0 Å². The number of nitrogens with two attached hydrogens (primary N) is 1. The highest BCUT2D eigenvalue weighted by molar-refractivity contribution is 5.81. The normalized spacial score (nSPS) is 22.3. The molecule has 2 aromatic heterocycles. The van der Waals surface area contributed by atoms with E-state index in [2.05, 4.69) is 15.0 Å². The van der Waals surface area contributed by atoms with Crippen molar-refractivity contribution < 1.29 is 13.9 Å². The summed E-state index contributed by atoms with van der Waals surface area (Å²) in [6.07, 6.45) is 2.85. The second-order valence-corrected chi connectivity index (χ2v) is 4.89. The summed E-state index contributed by atoms with van der Waals surface area (Å²) >= 11 is 0. The van der Waals surface area contributed by atoms with E-state index in [4.69, 9.17) is 10.5 Å². The number of nitrogen functional groups attached to an aromatic ring is 1. The summed E-state index contributed by atoms with van der Waals surface area (Å²) in [6.45, 7) is 0. The van der Waals surface area contributed by atoms with Gasteiger partial charge in [-0.15, -0.1) is 0 Å². The van der Waals surface area contributed by atoms with Crippen molar-refractivity contribution in [2.75, 3.05) is 12.8 Å². The van der Waals surface area contributed by atoms with Gasteiger partial charge in [0, 0.05) is 6.04 Å². The molecular weight excluding hydrogens is 265 g/mol. The number of hydrogen-bond acceptors (Lipinski definition) is 6.